The molecular weight excluding hydrogens is 233 g/mol. The van der Waals surface area contributed by atoms with Crippen LogP contribution in [0.25, 0.3) is 0 Å². The Morgan fingerprint density at radius 1 is 1.28 bits per heavy atom. The zero-order valence-electron chi connectivity index (χ0n) is 11.0. The van der Waals surface area contributed by atoms with E-state index in [9.17, 15) is 9.18 Å². The number of rotatable bonds is 7. The van der Waals surface area contributed by atoms with Gasteiger partial charge in [-0.1, -0.05) is 19.1 Å². The van der Waals surface area contributed by atoms with E-state index < -0.39 is 0 Å². The second-order valence-corrected chi connectivity index (χ2v) is 4.06. The van der Waals surface area contributed by atoms with E-state index >= 15 is 0 Å². The van der Waals surface area contributed by atoms with Gasteiger partial charge in [-0.25, -0.2) is 9.18 Å². The van der Waals surface area contributed by atoms with E-state index in [1.807, 2.05) is 19.1 Å². The van der Waals surface area contributed by atoms with Crippen LogP contribution in [0, 0.1) is 0 Å². The Balaban J connectivity index is 2.50. The Labute approximate surface area is 108 Å². The molecule has 100 valence electrons. The smallest absolute Gasteiger partial charge is 0.337 e. The number of benzene rings is 1. The van der Waals surface area contributed by atoms with Crippen molar-refractivity contribution in [1.29, 1.82) is 0 Å². The molecule has 0 spiro atoms. The number of ether oxygens (including phenoxy) is 1. The fraction of sp³-hybridized carbons (Fsp3) is 0.500. The first-order valence-corrected chi connectivity index (χ1v) is 6.16. The van der Waals surface area contributed by atoms with Gasteiger partial charge < -0.3 is 9.64 Å². The average Bonchev–Trinajstić information content (AvgIpc) is 2.43. The molecule has 0 aliphatic heterocycles. The summed E-state index contributed by atoms with van der Waals surface area (Å²) in [6.45, 7) is 3.88. The number of esters is 1. The van der Waals surface area contributed by atoms with E-state index in [0.29, 0.717) is 12.1 Å². The third kappa shape index (κ3) is 4.45. The fourth-order valence-corrected chi connectivity index (χ4v) is 1.76. The summed E-state index contributed by atoms with van der Waals surface area (Å²) >= 11 is 0. The van der Waals surface area contributed by atoms with Crippen LogP contribution in [0.15, 0.2) is 24.3 Å². The largest absolute Gasteiger partial charge is 0.465 e. The molecule has 0 atom stereocenters. The third-order valence-corrected chi connectivity index (χ3v) is 2.94. The van der Waals surface area contributed by atoms with Gasteiger partial charge in [0.25, 0.3) is 0 Å². The SMILES string of the molecule is CCN(CCF)CCc1ccc(C(=O)OC)cc1. The average molecular weight is 253 g/mol. The third-order valence-electron chi connectivity index (χ3n) is 2.94. The van der Waals surface area contributed by atoms with E-state index in [2.05, 4.69) is 9.64 Å². The lowest BCUT2D eigenvalue weighted by molar-refractivity contribution is 0.0600. The van der Waals surface area contributed by atoms with Gasteiger partial charge in [0.15, 0.2) is 0 Å². The number of alkyl halides is 1. The molecule has 0 N–H and O–H groups in total. The van der Waals surface area contributed by atoms with Crippen molar-refractivity contribution in [2.24, 2.45) is 0 Å². The molecule has 4 heteroatoms. The number of halogens is 1. The molecule has 18 heavy (non-hydrogen) atoms. The van der Waals surface area contributed by atoms with Gasteiger partial charge in [-0.3, -0.25) is 0 Å². The predicted octanol–water partition coefficient (Wildman–Crippen LogP) is 2.31. The van der Waals surface area contributed by atoms with Gasteiger partial charge in [-0.2, -0.15) is 0 Å². The number of hydrogen-bond acceptors (Lipinski definition) is 3. The van der Waals surface area contributed by atoms with Gasteiger partial charge >= 0.3 is 5.97 Å². The van der Waals surface area contributed by atoms with E-state index in [4.69, 9.17) is 0 Å². The summed E-state index contributed by atoms with van der Waals surface area (Å²) in [7, 11) is 1.37. The van der Waals surface area contributed by atoms with E-state index in [1.165, 1.54) is 7.11 Å². The Morgan fingerprint density at radius 2 is 1.94 bits per heavy atom. The monoisotopic (exact) mass is 253 g/mol. The van der Waals surface area contributed by atoms with Crippen molar-refractivity contribution in [3.8, 4) is 0 Å². The van der Waals surface area contributed by atoms with Crippen LogP contribution in [0.5, 0.6) is 0 Å². The molecule has 1 aromatic carbocycles. The van der Waals surface area contributed by atoms with Crippen LogP contribution in [0.3, 0.4) is 0 Å². The lowest BCUT2D eigenvalue weighted by Crippen LogP contribution is -2.28. The quantitative estimate of drug-likeness (QED) is 0.698. The highest BCUT2D eigenvalue weighted by Crippen LogP contribution is 2.07. The lowest BCUT2D eigenvalue weighted by atomic mass is 10.1. The van der Waals surface area contributed by atoms with Crippen molar-refractivity contribution in [2.45, 2.75) is 13.3 Å². The second-order valence-electron chi connectivity index (χ2n) is 4.06. The van der Waals surface area contributed by atoms with Crippen LogP contribution in [0.4, 0.5) is 4.39 Å². The Bertz CT molecular complexity index is 365. The zero-order chi connectivity index (χ0) is 13.4. The predicted molar refractivity (Wildman–Crippen MR) is 69.6 cm³/mol. The standard InChI is InChI=1S/C14H20FNO2/c1-3-16(11-9-15)10-8-12-4-6-13(7-5-12)14(17)18-2/h4-7H,3,8-11H2,1-2H3. The van der Waals surface area contributed by atoms with Crippen molar-refractivity contribution in [3.63, 3.8) is 0 Å². The van der Waals surface area contributed by atoms with Crippen molar-refractivity contribution in [1.82, 2.24) is 4.90 Å². The normalized spacial score (nSPS) is 10.7. The molecule has 0 aliphatic carbocycles. The molecule has 0 heterocycles. The summed E-state index contributed by atoms with van der Waals surface area (Å²) in [6, 6.07) is 7.34. The molecule has 3 nitrogen and oxygen atoms in total. The minimum absolute atomic E-state index is 0.310. The van der Waals surface area contributed by atoms with Crippen molar-refractivity contribution in [3.05, 3.63) is 35.4 Å². The van der Waals surface area contributed by atoms with E-state index in [-0.39, 0.29) is 12.6 Å². The number of likely N-dealkylation sites (N-methyl/N-ethyl adjacent to an activating group) is 1. The Kier molecular flexibility index (Phi) is 6.36. The Morgan fingerprint density at radius 3 is 2.44 bits per heavy atom. The number of carbonyl (C=O) groups is 1. The highest BCUT2D eigenvalue weighted by molar-refractivity contribution is 5.89. The topological polar surface area (TPSA) is 29.5 Å². The highest BCUT2D eigenvalue weighted by Gasteiger charge is 2.05. The van der Waals surface area contributed by atoms with Gasteiger partial charge in [0.2, 0.25) is 0 Å². The molecule has 0 aromatic heterocycles. The summed E-state index contributed by atoms with van der Waals surface area (Å²) in [6.07, 6.45) is 0.856. The molecule has 0 amide bonds. The molecule has 1 rings (SSSR count). The summed E-state index contributed by atoms with van der Waals surface area (Å²) < 4.78 is 16.9. The fourth-order valence-electron chi connectivity index (χ4n) is 1.76. The van der Waals surface area contributed by atoms with Gasteiger partial charge in [0.1, 0.15) is 6.67 Å². The number of hydrogen-bond donors (Lipinski definition) is 0. The summed E-state index contributed by atoms with van der Waals surface area (Å²) in [5, 5.41) is 0. The zero-order valence-corrected chi connectivity index (χ0v) is 11.0. The molecule has 0 unspecified atom stereocenters. The van der Waals surface area contributed by atoms with E-state index in [0.717, 1.165) is 25.1 Å². The molecule has 0 saturated heterocycles. The highest BCUT2D eigenvalue weighted by atomic mass is 19.1. The second kappa shape index (κ2) is 7.82. The van der Waals surface area contributed by atoms with Gasteiger partial charge in [0, 0.05) is 13.1 Å². The van der Waals surface area contributed by atoms with Crippen molar-refractivity contribution >= 4 is 5.97 Å². The number of nitrogens with zero attached hydrogens (tertiary/aromatic N) is 1. The molecule has 0 aliphatic rings. The summed E-state index contributed by atoms with van der Waals surface area (Å²) in [5.41, 5.74) is 1.69. The Hall–Kier alpha value is -1.42. The minimum atomic E-state index is -0.325. The molecular formula is C14H20FNO2. The van der Waals surface area contributed by atoms with Gasteiger partial charge in [-0.15, -0.1) is 0 Å². The number of carbonyl (C=O) groups excluding carboxylic acids is 1. The van der Waals surface area contributed by atoms with Gasteiger partial charge in [0.05, 0.1) is 12.7 Å². The number of methoxy groups -OCH3 is 1. The van der Waals surface area contributed by atoms with Crippen LogP contribution in [-0.2, 0) is 11.2 Å². The van der Waals surface area contributed by atoms with Crippen LogP contribution in [-0.4, -0.2) is 44.3 Å². The van der Waals surface area contributed by atoms with Crippen LogP contribution in [0.1, 0.15) is 22.8 Å². The van der Waals surface area contributed by atoms with Crippen LogP contribution in [0.2, 0.25) is 0 Å². The molecule has 0 saturated carbocycles. The maximum absolute atomic E-state index is 12.2. The molecule has 0 bridgehead atoms. The van der Waals surface area contributed by atoms with Crippen LogP contribution < -0.4 is 0 Å². The molecule has 1 aromatic rings. The minimum Gasteiger partial charge on any atom is -0.465 e. The van der Waals surface area contributed by atoms with Gasteiger partial charge in [-0.05, 0) is 30.7 Å². The van der Waals surface area contributed by atoms with Crippen molar-refractivity contribution < 1.29 is 13.9 Å². The van der Waals surface area contributed by atoms with Crippen molar-refractivity contribution in [2.75, 3.05) is 33.4 Å². The summed E-state index contributed by atoms with van der Waals surface area (Å²) in [4.78, 5) is 13.3. The molecule has 0 fully saturated rings. The molecule has 0 radical (unpaired) electrons. The van der Waals surface area contributed by atoms with E-state index in [1.54, 1.807) is 12.1 Å². The maximum Gasteiger partial charge on any atom is 0.337 e. The lowest BCUT2D eigenvalue weighted by Gasteiger charge is -2.18. The first kappa shape index (κ1) is 14.6. The maximum atomic E-state index is 12.2. The summed E-state index contributed by atoms with van der Waals surface area (Å²) in [5.74, 6) is -0.325. The first-order chi connectivity index (χ1) is 8.71. The first-order valence-electron chi connectivity index (χ1n) is 6.16. The van der Waals surface area contributed by atoms with Crippen LogP contribution >= 0.6 is 0 Å².